The van der Waals surface area contributed by atoms with Gasteiger partial charge in [-0.1, -0.05) is 23.7 Å². The molecule has 2 aliphatic heterocycles. The Hall–Kier alpha value is -5.92. The smallest absolute Gasteiger partial charge is 0.292 e. The average Bonchev–Trinajstić information content (AvgIpc) is 3.80. The predicted octanol–water partition coefficient (Wildman–Crippen LogP) is 8.63. The van der Waals surface area contributed by atoms with Crippen LogP contribution in [0, 0.1) is 24.4 Å². The maximum Gasteiger partial charge on any atom is 0.292 e. The lowest BCUT2D eigenvalue weighted by molar-refractivity contribution is -0.0715. The number of imidazole rings is 1. The van der Waals surface area contributed by atoms with Crippen LogP contribution in [0.1, 0.15) is 46.5 Å². The summed E-state index contributed by atoms with van der Waals surface area (Å²) < 4.78 is 66.7. The maximum atomic E-state index is 16.0. The molecule has 2 atom stereocenters. The van der Waals surface area contributed by atoms with Crippen molar-refractivity contribution in [3.05, 3.63) is 130 Å². The lowest BCUT2D eigenvalue weighted by Gasteiger charge is -2.27. The van der Waals surface area contributed by atoms with Gasteiger partial charge in [0.1, 0.15) is 28.7 Å². The van der Waals surface area contributed by atoms with Gasteiger partial charge in [-0.2, -0.15) is 5.10 Å². The first-order chi connectivity index (χ1) is 26.0. The molecule has 0 bridgehead atoms. The summed E-state index contributed by atoms with van der Waals surface area (Å²) in [5.41, 5.74) is 3.56. The summed E-state index contributed by atoms with van der Waals surface area (Å²) in [6, 6.07) is 18.9. The largest absolute Gasteiger partial charge is 0.443 e. The zero-order valence-electron chi connectivity index (χ0n) is 28.8. The Kier molecular flexibility index (Phi) is 8.09. The maximum absolute atomic E-state index is 16.0. The van der Waals surface area contributed by atoms with E-state index in [-0.39, 0.29) is 34.7 Å². The van der Waals surface area contributed by atoms with Crippen molar-refractivity contribution in [2.75, 3.05) is 11.9 Å². The number of aromatic amines is 1. The van der Waals surface area contributed by atoms with Gasteiger partial charge in [0.2, 0.25) is 0 Å². The number of aromatic nitrogens is 5. The van der Waals surface area contributed by atoms with E-state index in [0.717, 1.165) is 12.5 Å². The number of nitrogens with zero attached hydrogens (tertiary/aromatic N) is 4. The Bertz CT molecular complexity index is 2620. The van der Waals surface area contributed by atoms with E-state index in [1.165, 1.54) is 18.3 Å². The van der Waals surface area contributed by atoms with Crippen LogP contribution in [0.5, 0.6) is 11.5 Å². The van der Waals surface area contributed by atoms with Gasteiger partial charge >= 0.3 is 0 Å². The SMILES string of the molecule is Cc1[nH]nc2c(F)cc(C(=O)Nc3ccc4c(c3)nc(Cc3c(F)cc(-c5cccc6c5O[C@@](C)(c5ccc(Cl)cn5)O6)cc3F)n4CC3CCO3)cc12. The molecule has 1 unspecified atom stereocenters. The number of hydrogen-bond acceptors (Lipinski definition) is 7. The average molecular weight is 751 g/mol. The van der Waals surface area contributed by atoms with E-state index in [2.05, 4.69) is 20.5 Å². The topological polar surface area (TPSA) is 116 Å². The minimum Gasteiger partial charge on any atom is -0.443 e. The Labute approximate surface area is 310 Å². The van der Waals surface area contributed by atoms with Crippen molar-refractivity contribution in [2.24, 2.45) is 0 Å². The van der Waals surface area contributed by atoms with Crippen molar-refractivity contribution in [3.63, 3.8) is 0 Å². The van der Waals surface area contributed by atoms with Crippen LogP contribution >= 0.6 is 11.6 Å². The van der Waals surface area contributed by atoms with Crippen molar-refractivity contribution < 1.29 is 32.2 Å². The predicted molar refractivity (Wildman–Crippen MR) is 195 cm³/mol. The van der Waals surface area contributed by atoms with Gasteiger partial charge in [-0.3, -0.25) is 14.9 Å². The lowest BCUT2D eigenvalue weighted by Crippen LogP contribution is -2.32. The molecule has 2 N–H and O–H groups in total. The van der Waals surface area contributed by atoms with Crippen LogP contribution in [0.25, 0.3) is 33.1 Å². The van der Waals surface area contributed by atoms with Gasteiger partial charge in [-0.15, -0.1) is 0 Å². The fourth-order valence-electron chi connectivity index (χ4n) is 6.95. The van der Waals surface area contributed by atoms with Gasteiger partial charge < -0.3 is 24.1 Å². The van der Waals surface area contributed by atoms with Crippen LogP contribution in [-0.2, 0) is 23.5 Å². The minimum atomic E-state index is -1.28. The third-order valence-electron chi connectivity index (χ3n) is 9.89. The van der Waals surface area contributed by atoms with Gasteiger partial charge in [0, 0.05) is 59.6 Å². The van der Waals surface area contributed by atoms with E-state index in [1.807, 2.05) is 4.57 Å². The van der Waals surface area contributed by atoms with Gasteiger partial charge in [0.25, 0.3) is 11.7 Å². The second-order valence-electron chi connectivity index (χ2n) is 13.5. The molecule has 54 heavy (non-hydrogen) atoms. The molecule has 0 saturated carbocycles. The number of pyridine rings is 1. The molecule has 4 aromatic carbocycles. The van der Waals surface area contributed by atoms with Crippen molar-refractivity contribution in [1.29, 1.82) is 0 Å². The van der Waals surface area contributed by atoms with Crippen molar-refractivity contribution in [3.8, 4) is 22.6 Å². The first-order valence-corrected chi connectivity index (χ1v) is 17.6. The molecule has 14 heteroatoms. The lowest BCUT2D eigenvalue weighted by atomic mass is 10.00. The van der Waals surface area contributed by atoms with Crippen LogP contribution in [0.15, 0.2) is 79.0 Å². The number of halogens is 4. The van der Waals surface area contributed by atoms with E-state index >= 15 is 8.78 Å². The van der Waals surface area contributed by atoms with Crippen molar-refractivity contribution in [2.45, 2.75) is 45.1 Å². The first-order valence-electron chi connectivity index (χ1n) is 17.2. The molecule has 3 aromatic heterocycles. The minimum absolute atomic E-state index is 0.0788. The summed E-state index contributed by atoms with van der Waals surface area (Å²) in [6.45, 7) is 4.51. The number of ether oxygens (including phenoxy) is 3. The molecule has 10 nitrogen and oxygen atoms in total. The number of carbonyl (C=O) groups is 1. The molecule has 5 heterocycles. The van der Waals surface area contributed by atoms with Crippen LogP contribution in [0.4, 0.5) is 18.9 Å². The first kappa shape index (κ1) is 33.9. The Morgan fingerprint density at radius 3 is 2.59 bits per heavy atom. The molecule has 0 spiro atoms. The van der Waals surface area contributed by atoms with E-state index in [9.17, 15) is 9.18 Å². The Morgan fingerprint density at radius 1 is 1.04 bits per heavy atom. The number of hydrogen-bond donors (Lipinski definition) is 2. The molecule has 0 aliphatic carbocycles. The Morgan fingerprint density at radius 2 is 1.85 bits per heavy atom. The molecular formula is C40H30ClF3N6O4. The van der Waals surface area contributed by atoms with Crippen molar-refractivity contribution in [1.82, 2.24) is 24.7 Å². The molecule has 1 amide bonds. The quantitative estimate of drug-likeness (QED) is 0.160. The Balaban J connectivity index is 1.01. The summed E-state index contributed by atoms with van der Waals surface area (Å²) in [5, 5.41) is 10.5. The molecule has 1 saturated heterocycles. The van der Waals surface area contributed by atoms with Crippen LogP contribution in [0.3, 0.4) is 0 Å². The molecule has 0 radical (unpaired) electrons. The number of H-pyrrole nitrogens is 1. The number of benzene rings is 4. The van der Waals surface area contributed by atoms with E-state index in [1.54, 1.807) is 68.4 Å². The van der Waals surface area contributed by atoms with Gasteiger partial charge in [0.05, 0.1) is 28.7 Å². The molecule has 272 valence electrons. The number of nitrogens with one attached hydrogen (secondary N) is 2. The van der Waals surface area contributed by atoms with Gasteiger partial charge in [0.15, 0.2) is 17.3 Å². The summed E-state index contributed by atoms with van der Waals surface area (Å²) >= 11 is 6.02. The van der Waals surface area contributed by atoms with Crippen LogP contribution in [-0.4, -0.2) is 43.4 Å². The second kappa shape index (κ2) is 12.9. The standard InChI is InChI=1S/C40H30ClF3N6O4/c1-20-27-12-22(15-31(44)37(27)49-48-20)39(51)46-24-7-8-33-32(16-24)47-36(50(33)19-25-10-11-52-25)17-28-29(42)13-21(14-30(28)43)26-4-3-5-34-38(26)54-40(2,53-34)35-9-6-23(41)18-45-35/h3-9,12-16,18,25H,10-11,17,19H2,1-2H3,(H,46,51)(H,48,49)/t25?,40-/m0/s1. The van der Waals surface area contributed by atoms with Gasteiger partial charge in [-0.25, -0.2) is 18.2 Å². The molecule has 2 aliphatic rings. The number of carbonyl (C=O) groups excluding carboxylic acids is 1. The normalized spacial score (nSPS) is 17.6. The molecule has 7 aromatic rings. The number of anilines is 1. The zero-order valence-corrected chi connectivity index (χ0v) is 29.6. The van der Waals surface area contributed by atoms with Crippen LogP contribution < -0.4 is 14.8 Å². The third-order valence-corrected chi connectivity index (χ3v) is 10.1. The van der Waals surface area contributed by atoms with E-state index in [0.29, 0.717) is 74.6 Å². The van der Waals surface area contributed by atoms with Crippen LogP contribution in [0.2, 0.25) is 5.02 Å². The summed E-state index contributed by atoms with van der Waals surface area (Å²) in [6.07, 6.45) is 2.09. The highest BCUT2D eigenvalue weighted by molar-refractivity contribution is 6.30. The number of fused-ring (bicyclic) bond motifs is 3. The third kappa shape index (κ3) is 5.89. The highest BCUT2D eigenvalue weighted by Crippen LogP contribution is 2.49. The number of aryl methyl sites for hydroxylation is 1. The van der Waals surface area contributed by atoms with Gasteiger partial charge in [-0.05, 0) is 79.6 Å². The number of amides is 1. The summed E-state index contributed by atoms with van der Waals surface area (Å²) in [5.74, 6) is -2.78. The molecule has 9 rings (SSSR count). The number of rotatable bonds is 8. The highest BCUT2D eigenvalue weighted by atomic mass is 35.5. The van der Waals surface area contributed by atoms with E-state index in [4.69, 9.17) is 30.8 Å². The van der Waals surface area contributed by atoms with Crippen molar-refractivity contribution >= 4 is 45.1 Å². The molecule has 1 fully saturated rings. The summed E-state index contributed by atoms with van der Waals surface area (Å²) in [4.78, 5) is 22.3. The monoisotopic (exact) mass is 750 g/mol. The molecular weight excluding hydrogens is 721 g/mol. The van der Waals surface area contributed by atoms with E-state index < -0.39 is 29.1 Å². The fourth-order valence-corrected chi connectivity index (χ4v) is 7.06. The highest BCUT2D eigenvalue weighted by Gasteiger charge is 2.41. The summed E-state index contributed by atoms with van der Waals surface area (Å²) in [7, 11) is 0. The number of para-hydroxylation sites is 1. The fraction of sp³-hybridized carbons (Fsp3) is 0.200. The zero-order chi connectivity index (χ0) is 37.3. The second-order valence-corrected chi connectivity index (χ2v) is 14.0.